The van der Waals surface area contributed by atoms with E-state index in [1.807, 2.05) is 13.1 Å². The van der Waals surface area contributed by atoms with E-state index in [9.17, 15) is 4.79 Å². The second-order valence-electron chi connectivity index (χ2n) is 4.48. The summed E-state index contributed by atoms with van der Waals surface area (Å²) in [5, 5.41) is 7.00. The third-order valence-electron chi connectivity index (χ3n) is 3.05. The molecule has 6 heteroatoms. The number of hydrogen-bond acceptors (Lipinski definition) is 3. The Morgan fingerprint density at radius 3 is 2.88 bits per heavy atom. The van der Waals surface area contributed by atoms with Crippen molar-refractivity contribution in [1.29, 1.82) is 0 Å². The molecule has 0 aromatic carbocycles. The van der Waals surface area contributed by atoms with Gasteiger partial charge in [0.1, 0.15) is 0 Å². The monoisotopic (exact) mass is 252 g/mol. The summed E-state index contributed by atoms with van der Waals surface area (Å²) in [6, 6.07) is 0. The fourth-order valence-electron chi connectivity index (χ4n) is 1.75. The van der Waals surface area contributed by atoms with Crippen LogP contribution < -0.4 is 11.1 Å². The van der Waals surface area contributed by atoms with Crippen LogP contribution in [0.1, 0.15) is 18.4 Å². The molecule has 1 amide bonds. The number of nitrogens with two attached hydrogens (primary N) is 1. The molecular formula is C11H16N4OS. The number of carbonyl (C=O) groups is 1. The highest BCUT2D eigenvalue weighted by atomic mass is 32.1. The van der Waals surface area contributed by atoms with E-state index in [0.717, 1.165) is 18.4 Å². The minimum absolute atomic E-state index is 0.0473. The van der Waals surface area contributed by atoms with Crippen LogP contribution in [0, 0.1) is 12.3 Å². The van der Waals surface area contributed by atoms with Crippen LogP contribution >= 0.6 is 12.2 Å². The van der Waals surface area contributed by atoms with Crippen LogP contribution in [0.4, 0.5) is 0 Å². The number of nitrogens with zero attached hydrogens (tertiary/aromatic N) is 2. The maximum atomic E-state index is 11.9. The van der Waals surface area contributed by atoms with Crippen molar-refractivity contribution in [2.45, 2.75) is 26.3 Å². The van der Waals surface area contributed by atoms with Crippen LogP contribution in [0.25, 0.3) is 0 Å². The summed E-state index contributed by atoms with van der Waals surface area (Å²) >= 11 is 4.92. The van der Waals surface area contributed by atoms with Crippen LogP contribution in [0.15, 0.2) is 12.4 Å². The minimum Gasteiger partial charge on any atom is -0.392 e. The molecule has 92 valence electrons. The standard InChI is InChI=1S/C11H16N4OS/c1-8-6-14-15(7-8)5-4-13-10(16)11(2-3-11)9(12)17/h6-7H,2-5H2,1H3,(H2,12,17)(H,13,16). The molecule has 1 aliphatic rings. The molecular weight excluding hydrogens is 236 g/mol. The van der Waals surface area contributed by atoms with Crippen LogP contribution in [0.5, 0.6) is 0 Å². The molecule has 0 bridgehead atoms. The lowest BCUT2D eigenvalue weighted by atomic mass is 10.1. The molecule has 1 heterocycles. The Balaban J connectivity index is 1.79. The first-order valence-electron chi connectivity index (χ1n) is 5.62. The van der Waals surface area contributed by atoms with Gasteiger partial charge in [-0.1, -0.05) is 12.2 Å². The Morgan fingerprint density at radius 1 is 1.71 bits per heavy atom. The van der Waals surface area contributed by atoms with E-state index >= 15 is 0 Å². The summed E-state index contributed by atoms with van der Waals surface area (Å²) in [5.41, 5.74) is 6.12. The Hall–Kier alpha value is -1.43. The zero-order valence-electron chi connectivity index (χ0n) is 9.77. The lowest BCUT2D eigenvalue weighted by Crippen LogP contribution is -2.40. The second kappa shape index (κ2) is 4.44. The average molecular weight is 252 g/mol. The predicted molar refractivity (Wildman–Crippen MR) is 68.4 cm³/mol. The molecule has 1 aromatic heterocycles. The van der Waals surface area contributed by atoms with Gasteiger partial charge in [0.15, 0.2) is 0 Å². The number of nitrogens with one attached hydrogen (secondary N) is 1. The highest BCUT2D eigenvalue weighted by Crippen LogP contribution is 2.46. The van der Waals surface area contributed by atoms with Gasteiger partial charge in [-0.05, 0) is 25.3 Å². The summed E-state index contributed by atoms with van der Waals surface area (Å²) < 4.78 is 1.80. The van der Waals surface area contributed by atoms with Gasteiger partial charge in [0, 0.05) is 12.7 Å². The third kappa shape index (κ3) is 2.46. The molecule has 0 spiro atoms. The number of thiocarbonyl (C=S) groups is 1. The lowest BCUT2D eigenvalue weighted by molar-refractivity contribution is -0.124. The van der Waals surface area contributed by atoms with Gasteiger partial charge in [-0.25, -0.2) is 0 Å². The summed E-state index contributed by atoms with van der Waals surface area (Å²) in [7, 11) is 0. The Bertz CT molecular complexity index is 450. The fourth-order valence-corrected chi connectivity index (χ4v) is 2.05. The third-order valence-corrected chi connectivity index (χ3v) is 3.44. The minimum atomic E-state index is -0.560. The zero-order chi connectivity index (χ0) is 12.5. The normalized spacial score (nSPS) is 16.5. The topological polar surface area (TPSA) is 72.9 Å². The smallest absolute Gasteiger partial charge is 0.233 e. The first-order valence-corrected chi connectivity index (χ1v) is 6.03. The van der Waals surface area contributed by atoms with Crippen molar-refractivity contribution in [2.75, 3.05) is 6.54 Å². The van der Waals surface area contributed by atoms with Gasteiger partial charge in [0.2, 0.25) is 5.91 Å². The van der Waals surface area contributed by atoms with Crippen molar-refractivity contribution < 1.29 is 4.79 Å². The molecule has 2 rings (SSSR count). The maximum absolute atomic E-state index is 11.9. The fraction of sp³-hybridized carbons (Fsp3) is 0.545. The number of amides is 1. The number of hydrogen-bond donors (Lipinski definition) is 2. The maximum Gasteiger partial charge on any atom is 0.233 e. The molecule has 0 aliphatic heterocycles. The Kier molecular flexibility index (Phi) is 3.15. The van der Waals surface area contributed by atoms with E-state index in [4.69, 9.17) is 18.0 Å². The van der Waals surface area contributed by atoms with Gasteiger partial charge in [0.05, 0.1) is 23.1 Å². The van der Waals surface area contributed by atoms with Gasteiger partial charge in [-0.2, -0.15) is 5.10 Å². The molecule has 0 radical (unpaired) electrons. The van der Waals surface area contributed by atoms with Gasteiger partial charge >= 0.3 is 0 Å². The van der Waals surface area contributed by atoms with Crippen LogP contribution in [0.2, 0.25) is 0 Å². The van der Waals surface area contributed by atoms with Crippen molar-refractivity contribution in [3.05, 3.63) is 18.0 Å². The molecule has 3 N–H and O–H groups in total. The summed E-state index contributed by atoms with van der Waals surface area (Å²) in [6.45, 7) is 3.19. The highest BCUT2D eigenvalue weighted by Gasteiger charge is 2.52. The van der Waals surface area contributed by atoms with Crippen molar-refractivity contribution in [2.24, 2.45) is 11.1 Å². The SMILES string of the molecule is Cc1cnn(CCNC(=O)C2(C(N)=S)CC2)c1. The van der Waals surface area contributed by atoms with Gasteiger partial charge in [-0.15, -0.1) is 0 Å². The summed E-state index contributed by atoms with van der Waals surface area (Å²) in [5.74, 6) is -0.0473. The summed E-state index contributed by atoms with van der Waals surface area (Å²) in [6.07, 6.45) is 5.27. The van der Waals surface area contributed by atoms with E-state index < -0.39 is 5.41 Å². The van der Waals surface area contributed by atoms with E-state index in [-0.39, 0.29) is 5.91 Å². The van der Waals surface area contributed by atoms with Crippen LogP contribution in [-0.4, -0.2) is 27.2 Å². The number of rotatable bonds is 5. The van der Waals surface area contributed by atoms with Gasteiger partial charge < -0.3 is 11.1 Å². The molecule has 1 saturated carbocycles. The van der Waals surface area contributed by atoms with Gasteiger partial charge in [-0.3, -0.25) is 9.48 Å². The molecule has 1 fully saturated rings. The second-order valence-corrected chi connectivity index (χ2v) is 4.92. The van der Waals surface area contributed by atoms with E-state index in [0.29, 0.717) is 18.1 Å². The van der Waals surface area contributed by atoms with Crippen LogP contribution in [0.3, 0.4) is 0 Å². The predicted octanol–water partition coefficient (Wildman–Crippen LogP) is 0.374. The Morgan fingerprint density at radius 2 is 2.41 bits per heavy atom. The van der Waals surface area contributed by atoms with E-state index in [2.05, 4.69) is 10.4 Å². The lowest BCUT2D eigenvalue weighted by Gasteiger charge is -2.13. The number of carbonyl (C=O) groups excluding carboxylic acids is 1. The number of aromatic nitrogens is 2. The molecule has 17 heavy (non-hydrogen) atoms. The van der Waals surface area contributed by atoms with E-state index in [1.54, 1.807) is 10.9 Å². The Labute approximate surface area is 105 Å². The first-order chi connectivity index (χ1) is 8.04. The summed E-state index contributed by atoms with van der Waals surface area (Å²) in [4.78, 5) is 12.2. The molecule has 5 nitrogen and oxygen atoms in total. The van der Waals surface area contributed by atoms with Crippen LogP contribution in [-0.2, 0) is 11.3 Å². The molecule has 0 saturated heterocycles. The van der Waals surface area contributed by atoms with Crippen molar-refractivity contribution in [1.82, 2.24) is 15.1 Å². The van der Waals surface area contributed by atoms with Crippen molar-refractivity contribution >= 4 is 23.1 Å². The van der Waals surface area contributed by atoms with Crippen molar-refractivity contribution in [3.63, 3.8) is 0 Å². The first kappa shape index (κ1) is 12.0. The van der Waals surface area contributed by atoms with Crippen molar-refractivity contribution in [3.8, 4) is 0 Å². The molecule has 1 aromatic rings. The zero-order valence-corrected chi connectivity index (χ0v) is 10.6. The molecule has 0 atom stereocenters. The van der Waals surface area contributed by atoms with E-state index in [1.165, 1.54) is 0 Å². The molecule has 1 aliphatic carbocycles. The largest absolute Gasteiger partial charge is 0.392 e. The quantitative estimate of drug-likeness (QED) is 0.743. The molecule has 0 unspecified atom stereocenters. The average Bonchev–Trinajstić information content (AvgIpc) is 2.99. The van der Waals surface area contributed by atoms with Gasteiger partial charge in [0.25, 0.3) is 0 Å². The highest BCUT2D eigenvalue weighted by molar-refractivity contribution is 7.80. The number of aryl methyl sites for hydroxylation is 1.